The summed E-state index contributed by atoms with van der Waals surface area (Å²) < 4.78 is 0. The molecule has 0 saturated heterocycles. The molecule has 0 aliphatic carbocycles. The van der Waals surface area contributed by atoms with Crippen LogP contribution in [0.4, 0.5) is 11.4 Å². The van der Waals surface area contributed by atoms with Crippen molar-refractivity contribution in [2.75, 3.05) is 17.3 Å². The van der Waals surface area contributed by atoms with Gasteiger partial charge in [-0.15, -0.1) is 0 Å². The Morgan fingerprint density at radius 3 is 2.39 bits per heavy atom. The quantitative estimate of drug-likeness (QED) is 0.856. The first-order chi connectivity index (χ1) is 10.9. The number of anilines is 2. The number of benzene rings is 2. The number of hydrogen-bond donors (Lipinski definition) is 2. The van der Waals surface area contributed by atoms with Gasteiger partial charge in [-0.25, -0.2) is 0 Å². The maximum Gasteiger partial charge on any atom is 0.316 e. The van der Waals surface area contributed by atoms with Crippen molar-refractivity contribution in [3.8, 4) is 5.75 Å². The molecule has 5 heteroatoms. The van der Waals surface area contributed by atoms with Gasteiger partial charge in [0.2, 0.25) is 0 Å². The summed E-state index contributed by atoms with van der Waals surface area (Å²) in [5.74, 6) is -1.25. The molecule has 0 atom stereocenters. The van der Waals surface area contributed by atoms with Crippen molar-refractivity contribution in [1.29, 1.82) is 0 Å². The van der Waals surface area contributed by atoms with Crippen LogP contribution in [0.25, 0.3) is 0 Å². The van der Waals surface area contributed by atoms with Crippen LogP contribution >= 0.6 is 0 Å². The summed E-state index contributed by atoms with van der Waals surface area (Å²) in [7, 11) is 1.52. The lowest BCUT2D eigenvalue weighted by Crippen LogP contribution is -2.37. The molecule has 0 radical (unpaired) electrons. The standard InChI is InChI=1S/C18H20N2O3/c1-4-13-7-5-6-12(2)16(13)19-17(22)18(23)20(3)14-8-10-15(21)11-9-14/h5-11,21H,4H2,1-3H3,(H,19,22). The summed E-state index contributed by atoms with van der Waals surface area (Å²) in [6.07, 6.45) is 0.763. The monoisotopic (exact) mass is 312 g/mol. The fourth-order valence-electron chi connectivity index (χ4n) is 2.31. The second-order valence-corrected chi connectivity index (χ2v) is 5.30. The van der Waals surface area contributed by atoms with Crippen LogP contribution in [0.3, 0.4) is 0 Å². The van der Waals surface area contributed by atoms with E-state index in [1.807, 2.05) is 32.0 Å². The summed E-state index contributed by atoms with van der Waals surface area (Å²) in [6, 6.07) is 11.8. The van der Waals surface area contributed by atoms with E-state index < -0.39 is 11.8 Å². The number of aromatic hydroxyl groups is 1. The first kappa shape index (κ1) is 16.5. The second-order valence-electron chi connectivity index (χ2n) is 5.30. The number of likely N-dealkylation sites (N-methyl/N-ethyl adjacent to an activating group) is 1. The summed E-state index contributed by atoms with van der Waals surface area (Å²) in [5, 5.41) is 12.0. The topological polar surface area (TPSA) is 69.6 Å². The number of nitrogens with zero attached hydrogens (tertiary/aromatic N) is 1. The Labute approximate surface area is 135 Å². The molecule has 2 rings (SSSR count). The highest BCUT2D eigenvalue weighted by Crippen LogP contribution is 2.22. The molecule has 0 bridgehead atoms. The third kappa shape index (κ3) is 3.69. The number of phenols is 1. The first-order valence-electron chi connectivity index (χ1n) is 7.40. The molecule has 0 spiro atoms. The minimum absolute atomic E-state index is 0.103. The van der Waals surface area contributed by atoms with E-state index in [0.717, 1.165) is 17.5 Å². The average molecular weight is 312 g/mol. The minimum Gasteiger partial charge on any atom is -0.508 e. The lowest BCUT2D eigenvalue weighted by molar-refractivity contribution is -0.134. The Morgan fingerprint density at radius 2 is 1.78 bits per heavy atom. The first-order valence-corrected chi connectivity index (χ1v) is 7.40. The number of aryl methyl sites for hydroxylation is 2. The van der Waals surface area contributed by atoms with Crippen LogP contribution in [-0.4, -0.2) is 24.0 Å². The summed E-state index contributed by atoms with van der Waals surface area (Å²) >= 11 is 0. The smallest absolute Gasteiger partial charge is 0.316 e. The van der Waals surface area contributed by atoms with E-state index >= 15 is 0 Å². The van der Waals surface area contributed by atoms with Gasteiger partial charge in [0.1, 0.15) is 5.75 Å². The molecule has 2 aromatic rings. The van der Waals surface area contributed by atoms with Crippen LogP contribution in [0.15, 0.2) is 42.5 Å². The molecule has 0 heterocycles. The predicted molar refractivity (Wildman–Crippen MR) is 90.7 cm³/mol. The van der Waals surface area contributed by atoms with Gasteiger partial charge in [0.15, 0.2) is 0 Å². The highest BCUT2D eigenvalue weighted by atomic mass is 16.3. The van der Waals surface area contributed by atoms with Gasteiger partial charge in [-0.05, 0) is 48.7 Å². The number of carbonyl (C=O) groups excluding carboxylic acids is 2. The van der Waals surface area contributed by atoms with Gasteiger partial charge in [0.25, 0.3) is 0 Å². The zero-order valence-electron chi connectivity index (χ0n) is 13.5. The van der Waals surface area contributed by atoms with Gasteiger partial charge >= 0.3 is 11.8 Å². The maximum atomic E-state index is 12.3. The SMILES string of the molecule is CCc1cccc(C)c1NC(=O)C(=O)N(C)c1ccc(O)cc1. The van der Waals surface area contributed by atoms with Crippen molar-refractivity contribution in [3.05, 3.63) is 53.6 Å². The van der Waals surface area contributed by atoms with Crippen LogP contribution < -0.4 is 10.2 Å². The van der Waals surface area contributed by atoms with Crippen LogP contribution in [-0.2, 0) is 16.0 Å². The third-order valence-electron chi connectivity index (χ3n) is 3.71. The molecule has 2 amide bonds. The molecule has 2 N–H and O–H groups in total. The molecule has 120 valence electrons. The number of hydrogen-bond acceptors (Lipinski definition) is 3. The van der Waals surface area contributed by atoms with Gasteiger partial charge in [-0.3, -0.25) is 9.59 Å². The molecular weight excluding hydrogens is 292 g/mol. The molecule has 0 aliphatic heterocycles. The Balaban J connectivity index is 2.17. The molecule has 0 unspecified atom stereocenters. The van der Waals surface area contributed by atoms with Crippen molar-refractivity contribution < 1.29 is 14.7 Å². The Bertz CT molecular complexity index is 724. The van der Waals surface area contributed by atoms with Gasteiger partial charge in [-0.1, -0.05) is 25.1 Å². The highest BCUT2D eigenvalue weighted by molar-refractivity contribution is 6.44. The van der Waals surface area contributed by atoms with E-state index in [4.69, 9.17) is 0 Å². The van der Waals surface area contributed by atoms with Crippen molar-refractivity contribution in [2.45, 2.75) is 20.3 Å². The van der Waals surface area contributed by atoms with Crippen molar-refractivity contribution >= 4 is 23.2 Å². The molecule has 2 aromatic carbocycles. The van der Waals surface area contributed by atoms with E-state index in [1.165, 1.54) is 24.1 Å². The average Bonchev–Trinajstić information content (AvgIpc) is 2.55. The zero-order chi connectivity index (χ0) is 17.0. The number of rotatable bonds is 3. The summed E-state index contributed by atoms with van der Waals surface area (Å²) in [5.41, 5.74) is 3.12. The van der Waals surface area contributed by atoms with Crippen LogP contribution in [0.1, 0.15) is 18.1 Å². The number of amides is 2. The number of para-hydroxylation sites is 1. The molecule has 0 fully saturated rings. The van der Waals surface area contributed by atoms with Crippen LogP contribution in [0, 0.1) is 6.92 Å². The van der Waals surface area contributed by atoms with Gasteiger partial charge < -0.3 is 15.3 Å². The Morgan fingerprint density at radius 1 is 1.13 bits per heavy atom. The largest absolute Gasteiger partial charge is 0.508 e. The maximum absolute atomic E-state index is 12.3. The molecular formula is C18H20N2O3. The normalized spacial score (nSPS) is 10.2. The lowest BCUT2D eigenvalue weighted by Gasteiger charge is -2.18. The third-order valence-corrected chi connectivity index (χ3v) is 3.71. The van der Waals surface area contributed by atoms with E-state index in [0.29, 0.717) is 11.4 Å². The summed E-state index contributed by atoms with van der Waals surface area (Å²) in [4.78, 5) is 25.8. The number of carbonyl (C=O) groups is 2. The van der Waals surface area contributed by atoms with E-state index in [9.17, 15) is 14.7 Å². The molecule has 0 saturated carbocycles. The predicted octanol–water partition coefficient (Wildman–Crippen LogP) is 2.86. The minimum atomic E-state index is -0.690. The molecule has 0 aliphatic rings. The van der Waals surface area contributed by atoms with E-state index in [-0.39, 0.29) is 5.75 Å². The number of phenolic OH excluding ortho intramolecular Hbond substituents is 1. The molecule has 5 nitrogen and oxygen atoms in total. The second kappa shape index (κ2) is 6.96. The lowest BCUT2D eigenvalue weighted by atomic mass is 10.1. The Kier molecular flexibility index (Phi) is 5.01. The van der Waals surface area contributed by atoms with Crippen LogP contribution in [0.2, 0.25) is 0 Å². The van der Waals surface area contributed by atoms with Crippen molar-refractivity contribution in [2.24, 2.45) is 0 Å². The van der Waals surface area contributed by atoms with Gasteiger partial charge in [0.05, 0.1) is 0 Å². The molecule has 23 heavy (non-hydrogen) atoms. The highest BCUT2D eigenvalue weighted by Gasteiger charge is 2.21. The van der Waals surface area contributed by atoms with Crippen molar-refractivity contribution in [1.82, 2.24) is 0 Å². The fourth-order valence-corrected chi connectivity index (χ4v) is 2.31. The molecule has 0 aromatic heterocycles. The van der Waals surface area contributed by atoms with Gasteiger partial charge in [0, 0.05) is 18.4 Å². The van der Waals surface area contributed by atoms with E-state index in [1.54, 1.807) is 12.1 Å². The van der Waals surface area contributed by atoms with Crippen molar-refractivity contribution in [3.63, 3.8) is 0 Å². The number of nitrogens with one attached hydrogen (secondary N) is 1. The zero-order valence-corrected chi connectivity index (χ0v) is 13.5. The fraction of sp³-hybridized carbons (Fsp3) is 0.222. The van der Waals surface area contributed by atoms with E-state index in [2.05, 4.69) is 5.32 Å². The Hall–Kier alpha value is -2.82. The summed E-state index contributed by atoms with van der Waals surface area (Å²) in [6.45, 7) is 3.89. The van der Waals surface area contributed by atoms with Crippen LogP contribution in [0.5, 0.6) is 5.75 Å². The van der Waals surface area contributed by atoms with Gasteiger partial charge in [-0.2, -0.15) is 0 Å².